The molecule has 0 unspecified atom stereocenters. The number of ether oxygens (including phenoxy) is 1. The van der Waals surface area contributed by atoms with Crippen molar-refractivity contribution in [1.29, 1.82) is 0 Å². The molecule has 2 aliphatic rings. The van der Waals surface area contributed by atoms with E-state index in [9.17, 15) is 4.79 Å². The van der Waals surface area contributed by atoms with Crippen LogP contribution in [-0.2, 0) is 9.53 Å². The summed E-state index contributed by atoms with van der Waals surface area (Å²) in [5, 5.41) is 6.19. The predicted molar refractivity (Wildman–Crippen MR) is 69.4 cm³/mol. The van der Waals surface area contributed by atoms with Gasteiger partial charge in [-0.15, -0.1) is 12.4 Å². The van der Waals surface area contributed by atoms with Crippen LogP contribution < -0.4 is 10.6 Å². The van der Waals surface area contributed by atoms with E-state index in [0.717, 1.165) is 45.1 Å². The molecule has 0 radical (unpaired) electrons. The number of carbonyl (C=O) groups excluding carboxylic acids is 1. The molecule has 4 nitrogen and oxygen atoms in total. The lowest BCUT2D eigenvalue weighted by Gasteiger charge is -2.22. The largest absolute Gasteiger partial charge is 0.381 e. The fourth-order valence-corrected chi connectivity index (χ4v) is 1.98. The Morgan fingerprint density at radius 3 is 2.35 bits per heavy atom. The smallest absolute Gasteiger partial charge is 0.233 e. The minimum absolute atomic E-state index is 0. The van der Waals surface area contributed by atoms with Gasteiger partial charge < -0.3 is 15.4 Å². The Morgan fingerprint density at radius 1 is 1.06 bits per heavy atom. The number of carbonyl (C=O) groups is 1. The van der Waals surface area contributed by atoms with Crippen LogP contribution in [0.15, 0.2) is 0 Å². The molecule has 1 saturated carbocycles. The molecule has 5 heteroatoms. The van der Waals surface area contributed by atoms with Crippen LogP contribution in [0.3, 0.4) is 0 Å². The number of hydrogen-bond donors (Lipinski definition) is 2. The van der Waals surface area contributed by atoms with Gasteiger partial charge in [0.25, 0.3) is 0 Å². The standard InChI is InChI=1S/C12H22N2O2.ClH/c15-12(9-13-7-10-1-2-10)14-8-11-3-5-16-6-4-11;/h10-11,13H,1-9H2,(H,14,15);1H. The molecule has 2 fully saturated rings. The summed E-state index contributed by atoms with van der Waals surface area (Å²) in [6.45, 7) is 3.98. The molecule has 0 aromatic carbocycles. The lowest BCUT2D eigenvalue weighted by Crippen LogP contribution is -2.38. The van der Waals surface area contributed by atoms with Crippen molar-refractivity contribution in [1.82, 2.24) is 10.6 Å². The highest BCUT2D eigenvalue weighted by molar-refractivity contribution is 5.85. The van der Waals surface area contributed by atoms with Gasteiger partial charge in [0.15, 0.2) is 0 Å². The topological polar surface area (TPSA) is 50.4 Å². The molecule has 1 heterocycles. The van der Waals surface area contributed by atoms with Gasteiger partial charge in [0.1, 0.15) is 0 Å². The van der Waals surface area contributed by atoms with Crippen LogP contribution in [0.2, 0.25) is 0 Å². The molecule has 1 aliphatic heterocycles. The molecule has 0 spiro atoms. The SMILES string of the molecule is Cl.O=C(CNCC1CC1)NCC1CCOCC1. The van der Waals surface area contributed by atoms with Crippen LogP contribution >= 0.6 is 12.4 Å². The Hall–Kier alpha value is -0.320. The second kappa shape index (κ2) is 7.90. The average molecular weight is 263 g/mol. The van der Waals surface area contributed by atoms with Crippen molar-refractivity contribution >= 4 is 18.3 Å². The van der Waals surface area contributed by atoms with Crippen molar-refractivity contribution < 1.29 is 9.53 Å². The van der Waals surface area contributed by atoms with Crippen molar-refractivity contribution in [2.24, 2.45) is 11.8 Å². The first-order valence-corrected chi connectivity index (χ1v) is 6.40. The number of rotatable bonds is 6. The Kier molecular flexibility index (Phi) is 6.85. The van der Waals surface area contributed by atoms with Crippen molar-refractivity contribution in [3.63, 3.8) is 0 Å². The molecule has 0 bridgehead atoms. The minimum Gasteiger partial charge on any atom is -0.381 e. The summed E-state index contributed by atoms with van der Waals surface area (Å²) in [5.41, 5.74) is 0. The molecule has 2 rings (SSSR count). The lowest BCUT2D eigenvalue weighted by molar-refractivity contribution is -0.120. The second-order valence-corrected chi connectivity index (χ2v) is 4.93. The lowest BCUT2D eigenvalue weighted by atomic mass is 10.0. The molecule has 2 N–H and O–H groups in total. The Balaban J connectivity index is 0.00000144. The van der Waals surface area contributed by atoms with Gasteiger partial charge in [-0.3, -0.25) is 4.79 Å². The average Bonchev–Trinajstić information content (AvgIpc) is 3.12. The summed E-state index contributed by atoms with van der Waals surface area (Å²) < 4.78 is 5.28. The highest BCUT2D eigenvalue weighted by Gasteiger charge is 2.20. The molecule has 1 saturated heterocycles. The third kappa shape index (κ3) is 6.24. The Bertz CT molecular complexity index is 229. The van der Waals surface area contributed by atoms with Crippen LogP contribution in [0.5, 0.6) is 0 Å². The highest BCUT2D eigenvalue weighted by atomic mass is 35.5. The first-order chi connectivity index (χ1) is 7.84. The maximum absolute atomic E-state index is 11.5. The molecule has 0 aromatic heterocycles. The highest BCUT2D eigenvalue weighted by Crippen LogP contribution is 2.27. The zero-order valence-corrected chi connectivity index (χ0v) is 11.1. The quantitative estimate of drug-likeness (QED) is 0.750. The van der Waals surface area contributed by atoms with E-state index in [-0.39, 0.29) is 18.3 Å². The van der Waals surface area contributed by atoms with E-state index in [4.69, 9.17) is 4.74 Å². The van der Waals surface area contributed by atoms with E-state index in [1.165, 1.54) is 12.8 Å². The number of halogens is 1. The fraction of sp³-hybridized carbons (Fsp3) is 0.917. The fourth-order valence-electron chi connectivity index (χ4n) is 1.98. The van der Waals surface area contributed by atoms with Gasteiger partial charge in [0, 0.05) is 19.8 Å². The van der Waals surface area contributed by atoms with Crippen LogP contribution in [-0.4, -0.2) is 38.8 Å². The van der Waals surface area contributed by atoms with Crippen molar-refractivity contribution in [2.75, 3.05) is 32.8 Å². The van der Waals surface area contributed by atoms with Crippen molar-refractivity contribution in [3.8, 4) is 0 Å². The molecular weight excluding hydrogens is 240 g/mol. The van der Waals surface area contributed by atoms with E-state index < -0.39 is 0 Å². The van der Waals surface area contributed by atoms with Gasteiger partial charge in [-0.05, 0) is 44.1 Å². The van der Waals surface area contributed by atoms with Gasteiger partial charge >= 0.3 is 0 Å². The van der Waals surface area contributed by atoms with Gasteiger partial charge in [0.2, 0.25) is 5.91 Å². The zero-order chi connectivity index (χ0) is 11.2. The van der Waals surface area contributed by atoms with Crippen molar-refractivity contribution in [3.05, 3.63) is 0 Å². The maximum Gasteiger partial charge on any atom is 0.233 e. The van der Waals surface area contributed by atoms with Gasteiger partial charge in [-0.1, -0.05) is 0 Å². The van der Waals surface area contributed by atoms with E-state index in [0.29, 0.717) is 12.5 Å². The zero-order valence-electron chi connectivity index (χ0n) is 10.2. The Morgan fingerprint density at radius 2 is 1.71 bits per heavy atom. The second-order valence-electron chi connectivity index (χ2n) is 4.93. The van der Waals surface area contributed by atoms with Crippen LogP contribution in [0.1, 0.15) is 25.7 Å². The maximum atomic E-state index is 11.5. The first kappa shape index (κ1) is 14.7. The third-order valence-electron chi connectivity index (χ3n) is 3.34. The number of hydrogen-bond acceptors (Lipinski definition) is 3. The first-order valence-electron chi connectivity index (χ1n) is 6.40. The monoisotopic (exact) mass is 262 g/mol. The van der Waals surface area contributed by atoms with Crippen LogP contribution in [0, 0.1) is 11.8 Å². The summed E-state index contributed by atoms with van der Waals surface area (Å²) in [6.07, 6.45) is 4.82. The van der Waals surface area contributed by atoms with Crippen LogP contribution in [0.25, 0.3) is 0 Å². The molecule has 1 amide bonds. The number of amides is 1. The van der Waals surface area contributed by atoms with E-state index in [1.807, 2.05) is 0 Å². The van der Waals surface area contributed by atoms with Crippen molar-refractivity contribution in [2.45, 2.75) is 25.7 Å². The van der Waals surface area contributed by atoms with Gasteiger partial charge in [-0.25, -0.2) is 0 Å². The summed E-state index contributed by atoms with van der Waals surface area (Å²) in [7, 11) is 0. The summed E-state index contributed by atoms with van der Waals surface area (Å²) in [4.78, 5) is 11.5. The molecule has 100 valence electrons. The molecule has 0 aromatic rings. The predicted octanol–water partition coefficient (Wildman–Crippen LogP) is 0.951. The Labute approximate surface area is 109 Å². The van der Waals surface area contributed by atoms with Gasteiger partial charge in [-0.2, -0.15) is 0 Å². The summed E-state index contributed by atoms with van der Waals surface area (Å²) >= 11 is 0. The minimum atomic E-state index is 0. The summed E-state index contributed by atoms with van der Waals surface area (Å²) in [6, 6.07) is 0. The molecule has 17 heavy (non-hydrogen) atoms. The van der Waals surface area contributed by atoms with E-state index in [1.54, 1.807) is 0 Å². The molecule has 0 atom stereocenters. The van der Waals surface area contributed by atoms with Crippen LogP contribution in [0.4, 0.5) is 0 Å². The normalized spacial score (nSPS) is 20.7. The molecular formula is C12H23ClN2O2. The van der Waals surface area contributed by atoms with Gasteiger partial charge in [0.05, 0.1) is 6.54 Å². The van der Waals surface area contributed by atoms with E-state index >= 15 is 0 Å². The molecule has 1 aliphatic carbocycles. The van der Waals surface area contributed by atoms with E-state index in [2.05, 4.69) is 10.6 Å². The number of nitrogens with one attached hydrogen (secondary N) is 2. The summed E-state index contributed by atoms with van der Waals surface area (Å²) in [5.74, 6) is 1.58. The third-order valence-corrected chi connectivity index (χ3v) is 3.34.